The number of methoxy groups -OCH3 is 2. The molecule has 10 nitrogen and oxygen atoms in total. The van der Waals surface area contributed by atoms with Gasteiger partial charge >= 0.3 is 11.9 Å². The van der Waals surface area contributed by atoms with Crippen molar-refractivity contribution < 1.29 is 38.0 Å². The predicted octanol–water partition coefficient (Wildman–Crippen LogP) is 6.46. The van der Waals surface area contributed by atoms with Crippen LogP contribution in [0.2, 0.25) is 0 Å². The summed E-state index contributed by atoms with van der Waals surface area (Å²) in [6.45, 7) is 1.28. The van der Waals surface area contributed by atoms with Gasteiger partial charge in [-0.15, -0.1) is 0 Å². The normalized spacial score (nSPS) is 12.2. The molecule has 4 rings (SSSR count). The summed E-state index contributed by atoms with van der Waals surface area (Å²) in [7, 11) is 11.0. The first-order chi connectivity index (χ1) is 26.1. The van der Waals surface area contributed by atoms with Gasteiger partial charge in [0.2, 0.25) is 0 Å². The SMILES string of the molecule is COc1cccc(CCc2ccccc2OCC(CN(C)C)OC(=O)CCC(=O)OC(COc2ccccc2CCc2cccc(OC)c2)CN(C)C)c1. The Labute approximate surface area is 320 Å². The molecule has 54 heavy (non-hydrogen) atoms. The summed E-state index contributed by atoms with van der Waals surface area (Å²) >= 11 is 0. The van der Waals surface area contributed by atoms with Gasteiger partial charge in [-0.05, 0) is 113 Å². The molecule has 2 unspecified atom stereocenters. The van der Waals surface area contributed by atoms with Gasteiger partial charge in [0.15, 0.2) is 0 Å². The number of nitrogens with zero attached hydrogens (tertiary/aromatic N) is 2. The molecule has 0 radical (unpaired) electrons. The van der Waals surface area contributed by atoms with Gasteiger partial charge in [0, 0.05) is 13.1 Å². The summed E-state index contributed by atoms with van der Waals surface area (Å²) in [6, 6.07) is 31.9. The maximum atomic E-state index is 13.0. The van der Waals surface area contributed by atoms with Crippen LogP contribution in [-0.4, -0.2) is 103 Å². The summed E-state index contributed by atoms with van der Waals surface area (Å²) in [5.74, 6) is 2.18. The highest BCUT2D eigenvalue weighted by atomic mass is 16.6. The number of ether oxygens (including phenoxy) is 6. The fraction of sp³-hybridized carbons (Fsp3) is 0.409. The standard InChI is InChI=1S/C44H56N2O8/c1-45(2)29-39(31-51-41-19-9-7-15-35(41)23-21-33-13-11-17-37(27-33)49-5)53-43(47)25-26-44(48)54-40(30-46(3)4)32-52-42-20-10-8-16-36(42)24-22-34-14-12-18-38(28-34)50-6/h7-20,27-28,39-40H,21-26,29-32H2,1-6H3. The molecule has 0 N–H and O–H groups in total. The minimum atomic E-state index is -0.533. The maximum absolute atomic E-state index is 13.0. The number of rotatable bonds is 23. The summed E-state index contributed by atoms with van der Waals surface area (Å²) in [4.78, 5) is 29.8. The molecule has 0 amide bonds. The van der Waals surface area contributed by atoms with Gasteiger partial charge in [-0.3, -0.25) is 9.59 Å². The highest BCUT2D eigenvalue weighted by molar-refractivity contribution is 5.77. The second-order valence-corrected chi connectivity index (χ2v) is 13.8. The number of hydrogen-bond donors (Lipinski definition) is 0. The molecular formula is C44H56N2O8. The third-order valence-electron chi connectivity index (χ3n) is 8.70. The topological polar surface area (TPSA) is 96.0 Å². The van der Waals surface area contributed by atoms with Crippen LogP contribution in [0.15, 0.2) is 97.1 Å². The van der Waals surface area contributed by atoms with Gasteiger partial charge in [-0.1, -0.05) is 60.7 Å². The fourth-order valence-corrected chi connectivity index (χ4v) is 6.04. The lowest BCUT2D eigenvalue weighted by Crippen LogP contribution is -2.36. The van der Waals surface area contributed by atoms with E-state index in [1.807, 2.05) is 123 Å². The van der Waals surface area contributed by atoms with E-state index in [0.29, 0.717) is 13.1 Å². The largest absolute Gasteiger partial charge is 0.497 e. The Morgan fingerprint density at radius 1 is 0.537 bits per heavy atom. The van der Waals surface area contributed by atoms with E-state index in [1.54, 1.807) is 14.2 Å². The lowest BCUT2D eigenvalue weighted by Gasteiger charge is -2.23. The van der Waals surface area contributed by atoms with E-state index in [-0.39, 0.29) is 26.1 Å². The molecule has 0 fully saturated rings. The van der Waals surface area contributed by atoms with Crippen LogP contribution < -0.4 is 18.9 Å². The first-order valence-electron chi connectivity index (χ1n) is 18.5. The number of benzene rings is 4. The molecule has 4 aromatic carbocycles. The number of likely N-dealkylation sites (N-methyl/N-ethyl adjacent to an activating group) is 2. The average molecular weight is 741 g/mol. The number of esters is 2. The van der Waals surface area contributed by atoms with Crippen molar-refractivity contribution in [3.05, 3.63) is 119 Å². The van der Waals surface area contributed by atoms with E-state index in [2.05, 4.69) is 12.1 Å². The summed E-state index contributed by atoms with van der Waals surface area (Å²) in [5.41, 5.74) is 4.46. The molecule has 0 aromatic heterocycles. The van der Waals surface area contributed by atoms with Crippen molar-refractivity contribution in [2.75, 3.05) is 68.7 Å². The first kappa shape index (κ1) is 41.7. The number of carbonyl (C=O) groups is 2. The van der Waals surface area contributed by atoms with Gasteiger partial charge < -0.3 is 38.2 Å². The van der Waals surface area contributed by atoms with Crippen LogP contribution in [0, 0.1) is 0 Å². The smallest absolute Gasteiger partial charge is 0.306 e. The summed E-state index contributed by atoms with van der Waals surface area (Å²) in [6.07, 6.45) is 1.92. The summed E-state index contributed by atoms with van der Waals surface area (Å²) < 4.78 is 34.8. The van der Waals surface area contributed by atoms with Crippen molar-refractivity contribution in [1.29, 1.82) is 0 Å². The minimum Gasteiger partial charge on any atom is -0.497 e. The lowest BCUT2D eigenvalue weighted by molar-refractivity contribution is -0.158. The van der Waals surface area contributed by atoms with Crippen molar-refractivity contribution in [3.8, 4) is 23.0 Å². The molecule has 0 spiro atoms. The maximum Gasteiger partial charge on any atom is 0.306 e. The molecule has 0 bridgehead atoms. The van der Waals surface area contributed by atoms with E-state index in [9.17, 15) is 9.59 Å². The third kappa shape index (κ3) is 14.8. The van der Waals surface area contributed by atoms with Crippen molar-refractivity contribution in [1.82, 2.24) is 9.80 Å². The molecule has 0 saturated carbocycles. The zero-order valence-corrected chi connectivity index (χ0v) is 32.6. The van der Waals surface area contributed by atoms with E-state index >= 15 is 0 Å². The summed E-state index contributed by atoms with van der Waals surface area (Å²) in [5, 5.41) is 0. The van der Waals surface area contributed by atoms with Crippen molar-refractivity contribution in [3.63, 3.8) is 0 Å². The number of carbonyl (C=O) groups excluding carboxylic acids is 2. The Balaban J connectivity index is 1.26. The molecule has 0 aliphatic rings. The van der Waals surface area contributed by atoms with E-state index < -0.39 is 24.1 Å². The minimum absolute atomic E-state index is 0.109. The van der Waals surface area contributed by atoms with Crippen molar-refractivity contribution in [2.24, 2.45) is 0 Å². The van der Waals surface area contributed by atoms with Gasteiger partial charge in [-0.25, -0.2) is 0 Å². The highest BCUT2D eigenvalue weighted by Gasteiger charge is 2.21. The molecule has 2 atom stereocenters. The van der Waals surface area contributed by atoms with Crippen molar-refractivity contribution in [2.45, 2.75) is 50.7 Å². The molecule has 0 heterocycles. The van der Waals surface area contributed by atoms with Gasteiger partial charge in [0.1, 0.15) is 48.4 Å². The fourth-order valence-electron chi connectivity index (χ4n) is 6.04. The highest BCUT2D eigenvalue weighted by Crippen LogP contribution is 2.24. The molecule has 0 aliphatic heterocycles. The molecular weight excluding hydrogens is 684 g/mol. The second-order valence-electron chi connectivity index (χ2n) is 13.8. The Bertz CT molecular complexity index is 1620. The zero-order valence-electron chi connectivity index (χ0n) is 32.6. The zero-order chi connectivity index (χ0) is 38.7. The van der Waals surface area contributed by atoms with Gasteiger partial charge in [0.25, 0.3) is 0 Å². The van der Waals surface area contributed by atoms with E-state index in [4.69, 9.17) is 28.4 Å². The number of aryl methyl sites for hydroxylation is 4. The molecule has 0 saturated heterocycles. The van der Waals surface area contributed by atoms with Crippen molar-refractivity contribution >= 4 is 11.9 Å². The Kier molecular flexibility index (Phi) is 17.2. The van der Waals surface area contributed by atoms with Crippen LogP contribution in [0.4, 0.5) is 0 Å². The molecule has 4 aromatic rings. The van der Waals surface area contributed by atoms with Crippen LogP contribution in [0.5, 0.6) is 23.0 Å². The van der Waals surface area contributed by atoms with Crippen LogP contribution in [0.1, 0.15) is 35.1 Å². The van der Waals surface area contributed by atoms with Gasteiger partial charge in [-0.2, -0.15) is 0 Å². The van der Waals surface area contributed by atoms with Gasteiger partial charge in [0.05, 0.1) is 27.1 Å². The molecule has 290 valence electrons. The molecule has 0 aliphatic carbocycles. The third-order valence-corrected chi connectivity index (χ3v) is 8.70. The lowest BCUT2D eigenvalue weighted by atomic mass is 10.0. The van der Waals surface area contributed by atoms with Crippen LogP contribution in [-0.2, 0) is 44.7 Å². The van der Waals surface area contributed by atoms with E-state index in [1.165, 1.54) is 11.1 Å². The number of para-hydroxylation sites is 2. The Morgan fingerprint density at radius 2 is 0.944 bits per heavy atom. The first-order valence-corrected chi connectivity index (χ1v) is 18.5. The predicted molar refractivity (Wildman–Crippen MR) is 211 cm³/mol. The Morgan fingerprint density at radius 3 is 1.33 bits per heavy atom. The Hall–Kier alpha value is -5.06. The molecule has 10 heteroatoms. The van der Waals surface area contributed by atoms with E-state index in [0.717, 1.165) is 59.8 Å². The monoisotopic (exact) mass is 740 g/mol. The average Bonchev–Trinajstić information content (AvgIpc) is 3.17. The second kappa shape index (κ2) is 22.2. The van der Waals surface area contributed by atoms with Crippen LogP contribution >= 0.6 is 0 Å². The van der Waals surface area contributed by atoms with Crippen LogP contribution in [0.3, 0.4) is 0 Å². The quantitative estimate of drug-likeness (QED) is 0.0790. The van der Waals surface area contributed by atoms with Crippen LogP contribution in [0.25, 0.3) is 0 Å². The number of hydrogen-bond acceptors (Lipinski definition) is 10.